The van der Waals surface area contributed by atoms with E-state index >= 15 is 0 Å². The lowest BCUT2D eigenvalue weighted by Crippen LogP contribution is -2.30. The van der Waals surface area contributed by atoms with Crippen LogP contribution in [0.3, 0.4) is 0 Å². The lowest BCUT2D eigenvalue weighted by atomic mass is 9.79. The number of benzene rings is 1. The Kier molecular flexibility index (Phi) is 12.8. The third kappa shape index (κ3) is 9.24. The van der Waals surface area contributed by atoms with Crippen molar-refractivity contribution >= 4 is 44.8 Å². The fraction of sp³-hybridized carbons (Fsp3) is 0.571. The molecule has 0 fully saturated rings. The fourth-order valence-electron chi connectivity index (χ4n) is 4.12. The topological polar surface area (TPSA) is 83.8 Å². The Morgan fingerprint density at radius 1 is 1.14 bits per heavy atom. The molecule has 35 heavy (non-hydrogen) atoms. The summed E-state index contributed by atoms with van der Waals surface area (Å²) < 4.78 is 5.76. The highest BCUT2D eigenvalue weighted by atomic mass is 35.5. The molecule has 0 aliphatic heterocycles. The lowest BCUT2D eigenvalue weighted by Gasteiger charge is -2.25. The summed E-state index contributed by atoms with van der Waals surface area (Å²) in [6.45, 7) is 3.59. The number of ether oxygens (including phenoxy) is 1. The zero-order chi connectivity index (χ0) is 25.8. The van der Waals surface area contributed by atoms with E-state index in [1.54, 1.807) is 11.3 Å². The van der Waals surface area contributed by atoms with Crippen molar-refractivity contribution < 1.29 is 24.5 Å². The molecule has 2 aromatic rings. The van der Waals surface area contributed by atoms with Crippen molar-refractivity contribution in [1.29, 1.82) is 0 Å². The SMILES string of the molecule is COC(=O)CCCC#CCC(C(=O)C(C)C)C(CO)CCC(O)CCc1sc2ccccc2c1Cl. The van der Waals surface area contributed by atoms with Gasteiger partial charge in [-0.05, 0) is 44.1 Å². The van der Waals surface area contributed by atoms with E-state index in [9.17, 15) is 19.8 Å². The van der Waals surface area contributed by atoms with Crippen LogP contribution in [-0.2, 0) is 20.7 Å². The monoisotopic (exact) mass is 520 g/mol. The van der Waals surface area contributed by atoms with Crippen LogP contribution in [0.15, 0.2) is 24.3 Å². The second kappa shape index (κ2) is 15.3. The first-order valence-electron chi connectivity index (χ1n) is 12.3. The summed E-state index contributed by atoms with van der Waals surface area (Å²) in [4.78, 5) is 25.1. The van der Waals surface area contributed by atoms with Crippen LogP contribution in [0.5, 0.6) is 0 Å². The predicted molar refractivity (Wildman–Crippen MR) is 143 cm³/mol. The first kappa shape index (κ1) is 29.3. The molecule has 5 nitrogen and oxygen atoms in total. The number of aryl methyl sites for hydroxylation is 1. The van der Waals surface area contributed by atoms with Gasteiger partial charge >= 0.3 is 5.97 Å². The van der Waals surface area contributed by atoms with Crippen LogP contribution < -0.4 is 0 Å². The van der Waals surface area contributed by atoms with Crippen molar-refractivity contribution in [2.45, 2.75) is 71.3 Å². The third-order valence-corrected chi connectivity index (χ3v) is 8.05. The molecule has 2 N–H and O–H groups in total. The van der Waals surface area contributed by atoms with Gasteiger partial charge in [0.05, 0.1) is 18.2 Å². The molecule has 7 heteroatoms. The first-order chi connectivity index (χ1) is 16.8. The van der Waals surface area contributed by atoms with Gasteiger partial charge in [-0.2, -0.15) is 0 Å². The van der Waals surface area contributed by atoms with E-state index < -0.39 is 6.10 Å². The molecule has 2 rings (SSSR count). The van der Waals surface area contributed by atoms with Crippen LogP contribution in [0.4, 0.5) is 0 Å². The molecule has 0 radical (unpaired) electrons. The number of carbonyl (C=O) groups is 2. The summed E-state index contributed by atoms with van der Waals surface area (Å²) in [7, 11) is 1.36. The van der Waals surface area contributed by atoms with Crippen molar-refractivity contribution in [1.82, 2.24) is 0 Å². The number of halogens is 1. The molecule has 0 spiro atoms. The van der Waals surface area contributed by atoms with Crippen LogP contribution in [0.25, 0.3) is 10.1 Å². The largest absolute Gasteiger partial charge is 0.469 e. The molecule has 0 amide bonds. The molecule has 192 valence electrons. The minimum Gasteiger partial charge on any atom is -0.469 e. The van der Waals surface area contributed by atoms with E-state index in [0.717, 1.165) is 20.0 Å². The van der Waals surface area contributed by atoms with Gasteiger partial charge in [-0.3, -0.25) is 9.59 Å². The molecule has 0 aliphatic carbocycles. The Morgan fingerprint density at radius 2 is 1.89 bits per heavy atom. The van der Waals surface area contributed by atoms with Crippen LogP contribution >= 0.6 is 22.9 Å². The summed E-state index contributed by atoms with van der Waals surface area (Å²) in [5, 5.41) is 22.5. The van der Waals surface area contributed by atoms with Gasteiger partial charge in [0.2, 0.25) is 0 Å². The number of Topliss-reactive ketones (excluding diaryl/α,β-unsaturated/α-hetero) is 1. The van der Waals surface area contributed by atoms with E-state index in [2.05, 4.69) is 16.6 Å². The molecule has 1 heterocycles. The average Bonchev–Trinajstić information content (AvgIpc) is 3.18. The summed E-state index contributed by atoms with van der Waals surface area (Å²) in [6.07, 6.45) is 3.64. The number of ketones is 1. The van der Waals surface area contributed by atoms with Crippen molar-refractivity contribution in [3.8, 4) is 11.8 Å². The number of methoxy groups -OCH3 is 1. The summed E-state index contributed by atoms with van der Waals surface area (Å²) >= 11 is 8.18. The van der Waals surface area contributed by atoms with Crippen molar-refractivity contribution in [3.05, 3.63) is 34.2 Å². The van der Waals surface area contributed by atoms with Crippen LogP contribution in [0, 0.1) is 29.6 Å². The minimum absolute atomic E-state index is 0.0828. The zero-order valence-electron chi connectivity index (χ0n) is 20.9. The van der Waals surface area contributed by atoms with E-state index in [-0.39, 0.29) is 36.1 Å². The van der Waals surface area contributed by atoms with Crippen LogP contribution in [0.1, 0.15) is 63.7 Å². The summed E-state index contributed by atoms with van der Waals surface area (Å²) in [5.41, 5.74) is 0. The highest BCUT2D eigenvalue weighted by Crippen LogP contribution is 2.36. The predicted octanol–water partition coefficient (Wildman–Crippen LogP) is 5.82. The molecule has 3 atom stereocenters. The second-order valence-electron chi connectivity index (χ2n) is 9.20. The molecular weight excluding hydrogens is 484 g/mol. The number of fused-ring (bicyclic) bond motifs is 1. The zero-order valence-corrected chi connectivity index (χ0v) is 22.5. The van der Waals surface area contributed by atoms with E-state index in [1.165, 1.54) is 7.11 Å². The summed E-state index contributed by atoms with van der Waals surface area (Å²) in [5.74, 6) is 5.15. The van der Waals surface area contributed by atoms with Gasteiger partial charge in [0.1, 0.15) is 5.78 Å². The Morgan fingerprint density at radius 3 is 2.54 bits per heavy atom. The van der Waals surface area contributed by atoms with Crippen molar-refractivity contribution in [2.75, 3.05) is 13.7 Å². The number of esters is 1. The Balaban J connectivity index is 1.90. The van der Waals surface area contributed by atoms with E-state index in [4.69, 9.17) is 11.6 Å². The number of unbranched alkanes of at least 4 members (excludes halogenated alkanes) is 1. The maximum Gasteiger partial charge on any atom is 0.305 e. The number of hydrogen-bond donors (Lipinski definition) is 2. The molecule has 3 unspecified atom stereocenters. The maximum atomic E-state index is 12.9. The van der Waals surface area contributed by atoms with Gasteiger partial charge in [0, 0.05) is 52.7 Å². The van der Waals surface area contributed by atoms with Gasteiger partial charge in [0.25, 0.3) is 0 Å². The smallest absolute Gasteiger partial charge is 0.305 e. The van der Waals surface area contributed by atoms with Gasteiger partial charge in [0.15, 0.2) is 0 Å². The normalized spacial score (nSPS) is 13.8. The van der Waals surface area contributed by atoms with Gasteiger partial charge in [-0.25, -0.2) is 0 Å². The Bertz CT molecular complexity index is 1020. The van der Waals surface area contributed by atoms with E-state index in [0.29, 0.717) is 51.4 Å². The highest BCUT2D eigenvalue weighted by Gasteiger charge is 2.29. The highest BCUT2D eigenvalue weighted by molar-refractivity contribution is 7.19. The number of carbonyl (C=O) groups excluding carboxylic acids is 2. The second-order valence-corrected chi connectivity index (χ2v) is 10.7. The van der Waals surface area contributed by atoms with Crippen LogP contribution in [0.2, 0.25) is 5.02 Å². The molecule has 0 saturated carbocycles. The van der Waals surface area contributed by atoms with Crippen molar-refractivity contribution in [3.63, 3.8) is 0 Å². The molecule has 0 saturated heterocycles. The maximum absolute atomic E-state index is 12.9. The fourth-order valence-corrected chi connectivity index (χ4v) is 5.66. The van der Waals surface area contributed by atoms with Crippen molar-refractivity contribution in [2.24, 2.45) is 17.8 Å². The first-order valence-corrected chi connectivity index (χ1v) is 13.5. The Labute approximate surface area is 217 Å². The summed E-state index contributed by atoms with van der Waals surface area (Å²) in [6, 6.07) is 8.01. The molecule has 1 aromatic heterocycles. The van der Waals surface area contributed by atoms with Crippen LogP contribution in [-0.4, -0.2) is 41.8 Å². The minimum atomic E-state index is -0.537. The third-order valence-electron chi connectivity index (χ3n) is 6.27. The number of hydrogen-bond acceptors (Lipinski definition) is 6. The van der Waals surface area contributed by atoms with Gasteiger partial charge < -0.3 is 14.9 Å². The molecule has 0 aliphatic rings. The molecule has 0 bridgehead atoms. The number of thiophene rings is 1. The standard InChI is InChI=1S/C28H37ClO5S/c1-19(2)28(33)22(10-6-4-5-7-13-26(32)34-3)20(18-30)14-15-21(31)16-17-25-27(29)23-11-8-9-12-24(23)35-25/h8-9,11-12,19-22,30-31H,5,7,10,13-18H2,1-3H3. The van der Waals surface area contributed by atoms with E-state index in [1.807, 2.05) is 38.1 Å². The lowest BCUT2D eigenvalue weighted by molar-refractivity contribution is -0.140. The Hall–Kier alpha value is -1.91. The van der Waals surface area contributed by atoms with Gasteiger partial charge in [-0.15, -0.1) is 23.2 Å². The van der Waals surface area contributed by atoms with Gasteiger partial charge in [-0.1, -0.05) is 43.6 Å². The number of rotatable bonds is 14. The molecule has 1 aromatic carbocycles. The number of aliphatic hydroxyl groups is 2. The quantitative estimate of drug-likeness (QED) is 0.186. The average molecular weight is 521 g/mol. The number of aliphatic hydroxyl groups excluding tert-OH is 2. The molecular formula is C28H37ClO5S.